The zero-order chi connectivity index (χ0) is 16.2. The largest absolute Gasteiger partial charge is 0.359 e. The van der Waals surface area contributed by atoms with Gasteiger partial charge in [0, 0.05) is 23.3 Å². The predicted octanol–water partition coefficient (Wildman–Crippen LogP) is 6.31. The van der Waals surface area contributed by atoms with Gasteiger partial charge in [-0.15, -0.1) is 11.8 Å². The van der Waals surface area contributed by atoms with Crippen molar-refractivity contribution in [3.05, 3.63) is 52.4 Å². The van der Waals surface area contributed by atoms with Crippen LogP contribution in [0.5, 0.6) is 0 Å². The molecule has 2 N–H and O–H groups in total. The molecule has 0 aliphatic carbocycles. The van der Waals surface area contributed by atoms with Crippen LogP contribution < -0.4 is 4.72 Å². The number of aromatic nitrogens is 1. The maximum atomic E-state index is 3.45. The van der Waals surface area contributed by atoms with Gasteiger partial charge in [-0.3, -0.25) is 0 Å². The molecule has 2 aromatic rings. The second kappa shape index (κ2) is 7.34. The molecule has 0 spiro atoms. The van der Waals surface area contributed by atoms with Crippen LogP contribution in [0.25, 0.3) is 10.9 Å². The van der Waals surface area contributed by atoms with Crippen LogP contribution in [-0.4, -0.2) is 11.2 Å². The third-order valence-corrected chi connectivity index (χ3v) is 5.39. The fourth-order valence-electron chi connectivity index (χ4n) is 2.45. The molecule has 1 aromatic heterocycles. The van der Waals surface area contributed by atoms with E-state index in [0.29, 0.717) is 0 Å². The standard InChI is InChI=1S/C18H24N2S2/c1-6-10-22-12-13(2)18(3,4)15-11-19-17-14(15)8-7-9-16(17)20-21-5/h6-12,19-20H,1-5H3/b10-6-,13-12+. The fourth-order valence-corrected chi connectivity index (χ4v) is 3.57. The van der Waals surface area contributed by atoms with Crippen LogP contribution in [0.3, 0.4) is 0 Å². The van der Waals surface area contributed by atoms with E-state index >= 15 is 0 Å². The van der Waals surface area contributed by atoms with E-state index in [1.807, 2.05) is 13.2 Å². The van der Waals surface area contributed by atoms with Crippen molar-refractivity contribution < 1.29 is 0 Å². The number of aromatic amines is 1. The van der Waals surface area contributed by atoms with Crippen molar-refractivity contribution in [1.82, 2.24) is 4.98 Å². The van der Waals surface area contributed by atoms with Gasteiger partial charge in [-0.25, -0.2) is 0 Å². The van der Waals surface area contributed by atoms with E-state index in [4.69, 9.17) is 0 Å². The van der Waals surface area contributed by atoms with Crippen molar-refractivity contribution >= 4 is 40.3 Å². The van der Waals surface area contributed by atoms with Crippen LogP contribution in [0.15, 0.2) is 46.9 Å². The van der Waals surface area contributed by atoms with Crippen LogP contribution in [0.1, 0.15) is 33.3 Å². The highest BCUT2D eigenvalue weighted by molar-refractivity contribution is 8.04. The summed E-state index contributed by atoms with van der Waals surface area (Å²) in [5, 5.41) is 5.63. The number of anilines is 1. The van der Waals surface area contributed by atoms with Gasteiger partial charge in [0.25, 0.3) is 0 Å². The Hall–Kier alpha value is -1.26. The maximum Gasteiger partial charge on any atom is 0.0701 e. The Balaban J connectivity index is 2.45. The minimum absolute atomic E-state index is 0.00911. The maximum absolute atomic E-state index is 3.45. The van der Waals surface area contributed by atoms with Gasteiger partial charge in [0.05, 0.1) is 11.2 Å². The molecule has 0 aliphatic heterocycles. The molecule has 0 bridgehead atoms. The third-order valence-electron chi connectivity index (χ3n) is 4.05. The second-order valence-electron chi connectivity index (χ2n) is 5.77. The number of rotatable bonds is 6. The number of benzene rings is 1. The molecule has 2 nitrogen and oxygen atoms in total. The summed E-state index contributed by atoms with van der Waals surface area (Å²) in [6.07, 6.45) is 6.25. The Morgan fingerprint density at radius 1 is 1.32 bits per heavy atom. The first-order valence-corrected chi connectivity index (χ1v) is 9.52. The Morgan fingerprint density at radius 2 is 2.09 bits per heavy atom. The molecule has 0 amide bonds. The van der Waals surface area contributed by atoms with Crippen molar-refractivity contribution in [3.8, 4) is 0 Å². The number of hydrogen-bond acceptors (Lipinski definition) is 3. The van der Waals surface area contributed by atoms with Crippen LogP contribution >= 0.6 is 23.7 Å². The van der Waals surface area contributed by atoms with Crippen LogP contribution in [0.4, 0.5) is 5.69 Å². The Bertz CT molecular complexity index is 696. The molecular weight excluding hydrogens is 308 g/mol. The first-order chi connectivity index (χ1) is 10.5. The molecule has 0 atom stereocenters. The minimum atomic E-state index is -0.00911. The van der Waals surface area contributed by atoms with Crippen LogP contribution in [0, 0.1) is 0 Å². The van der Waals surface area contributed by atoms with Gasteiger partial charge >= 0.3 is 0 Å². The molecule has 0 aliphatic rings. The highest BCUT2D eigenvalue weighted by Gasteiger charge is 2.26. The number of hydrogen-bond donors (Lipinski definition) is 2. The lowest BCUT2D eigenvalue weighted by molar-refractivity contribution is 0.631. The Kier molecular flexibility index (Phi) is 5.70. The molecule has 1 heterocycles. The lowest BCUT2D eigenvalue weighted by atomic mass is 9.79. The molecule has 22 heavy (non-hydrogen) atoms. The number of thioether (sulfide) groups is 1. The van der Waals surface area contributed by atoms with E-state index in [1.54, 1.807) is 23.7 Å². The summed E-state index contributed by atoms with van der Waals surface area (Å²) in [5.41, 5.74) is 5.00. The number of para-hydroxylation sites is 1. The van der Waals surface area contributed by atoms with Gasteiger partial charge in [-0.1, -0.05) is 49.6 Å². The summed E-state index contributed by atoms with van der Waals surface area (Å²) in [6.45, 7) is 8.82. The quantitative estimate of drug-likeness (QED) is 0.607. The van der Waals surface area contributed by atoms with Gasteiger partial charge in [0.15, 0.2) is 0 Å². The predicted molar refractivity (Wildman–Crippen MR) is 105 cm³/mol. The van der Waals surface area contributed by atoms with E-state index in [-0.39, 0.29) is 5.41 Å². The zero-order valence-corrected chi connectivity index (χ0v) is 15.5. The first kappa shape index (κ1) is 17.1. The first-order valence-electron chi connectivity index (χ1n) is 7.35. The molecule has 4 heteroatoms. The SMILES string of the molecule is C/C=C\S/C=C(\C)C(C)(C)c1c[nH]c2c(NSC)cccc12. The lowest BCUT2D eigenvalue weighted by Crippen LogP contribution is -2.18. The minimum Gasteiger partial charge on any atom is -0.359 e. The molecular formula is C18H24N2S2. The molecule has 0 unspecified atom stereocenters. The summed E-state index contributed by atoms with van der Waals surface area (Å²) in [7, 11) is 0. The number of fused-ring (bicyclic) bond motifs is 1. The number of nitrogens with one attached hydrogen (secondary N) is 2. The van der Waals surface area contributed by atoms with Crippen molar-refractivity contribution in [2.75, 3.05) is 11.0 Å². The highest BCUT2D eigenvalue weighted by Crippen LogP contribution is 2.38. The van der Waals surface area contributed by atoms with Gasteiger partial charge in [-0.2, -0.15) is 0 Å². The molecule has 118 valence electrons. The van der Waals surface area contributed by atoms with Gasteiger partial charge < -0.3 is 9.71 Å². The number of allylic oxidation sites excluding steroid dienone is 2. The lowest BCUT2D eigenvalue weighted by Gasteiger charge is -2.26. The molecule has 0 radical (unpaired) electrons. The Labute approximate surface area is 142 Å². The summed E-state index contributed by atoms with van der Waals surface area (Å²) >= 11 is 3.35. The molecule has 1 aromatic carbocycles. The van der Waals surface area contributed by atoms with Crippen LogP contribution in [-0.2, 0) is 5.41 Å². The average molecular weight is 333 g/mol. The molecule has 2 rings (SSSR count). The summed E-state index contributed by atoms with van der Waals surface area (Å²) in [5.74, 6) is 0. The van der Waals surface area contributed by atoms with Gasteiger partial charge in [0.2, 0.25) is 0 Å². The van der Waals surface area contributed by atoms with E-state index in [1.165, 1.54) is 22.0 Å². The van der Waals surface area contributed by atoms with E-state index < -0.39 is 0 Å². The molecule has 0 saturated heterocycles. The molecule has 0 saturated carbocycles. The zero-order valence-electron chi connectivity index (χ0n) is 13.9. The summed E-state index contributed by atoms with van der Waals surface area (Å²) in [4.78, 5) is 3.45. The average Bonchev–Trinajstić information content (AvgIpc) is 2.93. The van der Waals surface area contributed by atoms with Gasteiger partial charge in [-0.05, 0) is 36.3 Å². The van der Waals surface area contributed by atoms with E-state index in [2.05, 4.69) is 71.8 Å². The van der Waals surface area contributed by atoms with Crippen molar-refractivity contribution in [1.29, 1.82) is 0 Å². The van der Waals surface area contributed by atoms with Crippen molar-refractivity contribution in [3.63, 3.8) is 0 Å². The number of H-pyrrole nitrogens is 1. The van der Waals surface area contributed by atoms with Crippen molar-refractivity contribution in [2.45, 2.75) is 33.1 Å². The second-order valence-corrected chi connectivity index (χ2v) is 7.16. The summed E-state index contributed by atoms with van der Waals surface area (Å²) in [6, 6.07) is 6.42. The van der Waals surface area contributed by atoms with Crippen LogP contribution in [0.2, 0.25) is 0 Å². The van der Waals surface area contributed by atoms with E-state index in [9.17, 15) is 0 Å². The molecule has 0 fully saturated rings. The van der Waals surface area contributed by atoms with Crippen molar-refractivity contribution in [2.24, 2.45) is 0 Å². The topological polar surface area (TPSA) is 27.8 Å². The summed E-state index contributed by atoms with van der Waals surface area (Å²) < 4.78 is 3.34. The Morgan fingerprint density at radius 3 is 2.77 bits per heavy atom. The third kappa shape index (κ3) is 3.39. The van der Waals surface area contributed by atoms with E-state index in [0.717, 1.165) is 5.69 Å². The fraction of sp³-hybridized carbons (Fsp3) is 0.333. The highest BCUT2D eigenvalue weighted by atomic mass is 32.2. The normalized spacial score (nSPS) is 13.2. The van der Waals surface area contributed by atoms with Gasteiger partial charge in [0.1, 0.15) is 0 Å². The monoisotopic (exact) mass is 332 g/mol. The smallest absolute Gasteiger partial charge is 0.0701 e.